The van der Waals surface area contributed by atoms with E-state index in [4.69, 9.17) is 5.11 Å². The van der Waals surface area contributed by atoms with Crippen LogP contribution in [-0.2, 0) is 9.59 Å². The molecule has 1 aliphatic heterocycles. The third kappa shape index (κ3) is 4.73. The lowest BCUT2D eigenvalue weighted by Gasteiger charge is -2.42. The molecule has 24 heavy (non-hydrogen) atoms. The number of hydrogen-bond acceptors (Lipinski definition) is 3. The summed E-state index contributed by atoms with van der Waals surface area (Å²) in [5, 5.41) is 8.96. The normalized spacial score (nSPS) is 18.6. The molecule has 1 aromatic rings. The number of rotatable bonds is 5. The summed E-state index contributed by atoms with van der Waals surface area (Å²) < 4.78 is 0. The van der Waals surface area contributed by atoms with Gasteiger partial charge in [-0.2, -0.15) is 0 Å². The summed E-state index contributed by atoms with van der Waals surface area (Å²) in [6.07, 6.45) is 0.286. The van der Waals surface area contributed by atoms with Crippen molar-refractivity contribution in [1.82, 2.24) is 4.90 Å². The molecule has 0 spiro atoms. The third-order valence-electron chi connectivity index (χ3n) is 4.61. The van der Waals surface area contributed by atoms with Gasteiger partial charge in [-0.05, 0) is 31.4 Å². The number of benzene rings is 1. The molecule has 0 radical (unpaired) electrons. The second-order valence-corrected chi connectivity index (χ2v) is 7.63. The maximum Gasteiger partial charge on any atom is 0.303 e. The summed E-state index contributed by atoms with van der Waals surface area (Å²) in [7, 11) is 0. The van der Waals surface area contributed by atoms with Crippen LogP contribution in [0.1, 0.15) is 39.2 Å². The molecule has 1 aromatic carbocycles. The Labute approximate surface area is 144 Å². The molecule has 5 nitrogen and oxygen atoms in total. The zero-order valence-corrected chi connectivity index (χ0v) is 15.1. The maximum atomic E-state index is 12.5. The van der Waals surface area contributed by atoms with Crippen molar-refractivity contribution in [2.45, 2.75) is 46.6 Å². The molecule has 5 heteroatoms. The van der Waals surface area contributed by atoms with Crippen LogP contribution < -0.4 is 4.90 Å². The van der Waals surface area contributed by atoms with Crippen molar-refractivity contribution in [3.63, 3.8) is 0 Å². The Bertz CT molecular complexity index is 595. The number of anilines is 1. The number of hydrogen-bond donors (Lipinski definition) is 1. The van der Waals surface area contributed by atoms with Gasteiger partial charge in [0.1, 0.15) is 0 Å². The van der Waals surface area contributed by atoms with Crippen LogP contribution in [0.25, 0.3) is 0 Å². The van der Waals surface area contributed by atoms with Gasteiger partial charge < -0.3 is 14.9 Å². The van der Waals surface area contributed by atoms with E-state index in [1.807, 2.05) is 18.7 Å². The molecular formula is C19H28N2O3. The molecule has 0 saturated carbocycles. The molecule has 1 unspecified atom stereocenters. The van der Waals surface area contributed by atoms with Crippen LogP contribution in [0, 0.1) is 12.3 Å². The molecule has 1 N–H and O–H groups in total. The highest BCUT2D eigenvalue weighted by Crippen LogP contribution is 2.27. The second kappa shape index (κ2) is 7.24. The topological polar surface area (TPSA) is 60.9 Å². The predicted molar refractivity (Wildman–Crippen MR) is 95.2 cm³/mol. The first-order chi connectivity index (χ1) is 11.2. The van der Waals surface area contributed by atoms with Gasteiger partial charge in [-0.3, -0.25) is 9.59 Å². The summed E-state index contributed by atoms with van der Waals surface area (Å²) in [5.41, 5.74) is 1.91. The number of carbonyl (C=O) groups is 2. The number of carboxylic acids is 1. The van der Waals surface area contributed by atoms with E-state index >= 15 is 0 Å². The number of piperazine rings is 1. The Kier molecular flexibility index (Phi) is 5.52. The Morgan fingerprint density at radius 3 is 2.33 bits per heavy atom. The molecule has 0 bridgehead atoms. The van der Waals surface area contributed by atoms with Gasteiger partial charge in [-0.25, -0.2) is 0 Å². The monoisotopic (exact) mass is 332 g/mol. The SMILES string of the molecule is Cc1ccc(N2CCN(C(=O)CC(C)(C)CC(=O)O)CC2C)cc1. The number of carboxylic acid groups (broad SMARTS) is 1. The molecule has 1 aliphatic rings. The number of aliphatic carboxylic acids is 1. The number of nitrogens with zero attached hydrogens (tertiary/aromatic N) is 2. The lowest BCUT2D eigenvalue weighted by atomic mass is 9.85. The van der Waals surface area contributed by atoms with E-state index in [1.54, 1.807) is 0 Å². The predicted octanol–water partition coefficient (Wildman–Crippen LogP) is 2.92. The first-order valence-corrected chi connectivity index (χ1v) is 8.51. The zero-order valence-electron chi connectivity index (χ0n) is 15.1. The van der Waals surface area contributed by atoms with E-state index in [1.165, 1.54) is 11.3 Å². The fraction of sp³-hybridized carbons (Fsp3) is 0.579. The minimum absolute atomic E-state index is 0.0115. The van der Waals surface area contributed by atoms with Gasteiger partial charge in [0.15, 0.2) is 0 Å². The molecular weight excluding hydrogens is 304 g/mol. The summed E-state index contributed by atoms with van der Waals surface area (Å²) in [6.45, 7) is 10.0. The van der Waals surface area contributed by atoms with E-state index in [2.05, 4.69) is 43.0 Å². The highest BCUT2D eigenvalue weighted by atomic mass is 16.4. The largest absolute Gasteiger partial charge is 0.481 e. The van der Waals surface area contributed by atoms with E-state index in [0.717, 1.165) is 6.54 Å². The fourth-order valence-electron chi connectivity index (χ4n) is 3.30. The molecule has 1 heterocycles. The van der Waals surface area contributed by atoms with E-state index < -0.39 is 11.4 Å². The number of carbonyl (C=O) groups excluding carboxylic acids is 1. The maximum absolute atomic E-state index is 12.5. The van der Waals surface area contributed by atoms with Gasteiger partial charge in [0.05, 0.1) is 6.42 Å². The van der Waals surface area contributed by atoms with Gasteiger partial charge >= 0.3 is 5.97 Å². The molecule has 1 amide bonds. The summed E-state index contributed by atoms with van der Waals surface area (Å²) in [6, 6.07) is 8.70. The Balaban J connectivity index is 1.96. The fourth-order valence-corrected chi connectivity index (χ4v) is 3.30. The summed E-state index contributed by atoms with van der Waals surface area (Å²) in [5.74, 6) is -0.804. The highest BCUT2D eigenvalue weighted by Gasteiger charge is 2.31. The third-order valence-corrected chi connectivity index (χ3v) is 4.61. The van der Waals surface area contributed by atoms with Crippen LogP contribution in [0.3, 0.4) is 0 Å². The van der Waals surface area contributed by atoms with Crippen LogP contribution in [0.5, 0.6) is 0 Å². The quantitative estimate of drug-likeness (QED) is 0.900. The van der Waals surface area contributed by atoms with Gasteiger partial charge in [0.2, 0.25) is 5.91 Å². The lowest BCUT2D eigenvalue weighted by molar-refractivity contribution is -0.140. The van der Waals surface area contributed by atoms with Gasteiger partial charge in [0.25, 0.3) is 0 Å². The van der Waals surface area contributed by atoms with E-state index in [0.29, 0.717) is 13.1 Å². The molecule has 132 valence electrons. The summed E-state index contributed by atoms with van der Waals surface area (Å²) in [4.78, 5) is 27.7. The molecule has 2 rings (SSSR count). The standard InChI is InChI=1S/C19H28N2O3/c1-14-5-7-16(8-6-14)21-10-9-20(13-15(21)2)17(22)11-19(3,4)12-18(23)24/h5-8,15H,9-13H2,1-4H3,(H,23,24). The molecule has 1 atom stereocenters. The lowest BCUT2D eigenvalue weighted by Crippen LogP contribution is -2.54. The van der Waals surface area contributed by atoms with Crippen molar-refractivity contribution < 1.29 is 14.7 Å². The van der Waals surface area contributed by atoms with Gasteiger partial charge in [-0.1, -0.05) is 31.5 Å². The number of aryl methyl sites for hydroxylation is 1. The van der Waals surface area contributed by atoms with E-state index in [9.17, 15) is 9.59 Å². The van der Waals surface area contributed by atoms with Gasteiger partial charge in [0, 0.05) is 37.8 Å². The van der Waals surface area contributed by atoms with Crippen molar-refractivity contribution in [2.24, 2.45) is 5.41 Å². The first-order valence-electron chi connectivity index (χ1n) is 8.51. The van der Waals surface area contributed by atoms with Gasteiger partial charge in [-0.15, -0.1) is 0 Å². The summed E-state index contributed by atoms with van der Waals surface area (Å²) >= 11 is 0. The number of amides is 1. The average Bonchev–Trinajstić information content (AvgIpc) is 2.46. The van der Waals surface area contributed by atoms with Crippen molar-refractivity contribution in [2.75, 3.05) is 24.5 Å². The van der Waals surface area contributed by atoms with Crippen LogP contribution in [0.2, 0.25) is 0 Å². The van der Waals surface area contributed by atoms with Crippen molar-refractivity contribution >= 4 is 17.6 Å². The van der Waals surface area contributed by atoms with Crippen LogP contribution >= 0.6 is 0 Å². The van der Waals surface area contributed by atoms with Crippen LogP contribution in [0.4, 0.5) is 5.69 Å². The molecule has 1 saturated heterocycles. The minimum Gasteiger partial charge on any atom is -0.481 e. The van der Waals surface area contributed by atoms with E-state index in [-0.39, 0.29) is 24.8 Å². The average molecular weight is 332 g/mol. The zero-order chi connectivity index (χ0) is 17.9. The van der Waals surface area contributed by atoms with Crippen molar-refractivity contribution in [3.8, 4) is 0 Å². The minimum atomic E-state index is -0.856. The second-order valence-electron chi connectivity index (χ2n) is 7.63. The molecule has 1 fully saturated rings. The van der Waals surface area contributed by atoms with Crippen molar-refractivity contribution in [1.29, 1.82) is 0 Å². The molecule has 0 aromatic heterocycles. The Hall–Kier alpha value is -2.04. The Morgan fingerprint density at radius 1 is 1.17 bits per heavy atom. The van der Waals surface area contributed by atoms with Crippen molar-refractivity contribution in [3.05, 3.63) is 29.8 Å². The molecule has 0 aliphatic carbocycles. The van der Waals surface area contributed by atoms with Crippen LogP contribution in [-0.4, -0.2) is 47.6 Å². The highest BCUT2D eigenvalue weighted by molar-refractivity contribution is 5.78. The van der Waals surface area contributed by atoms with Crippen LogP contribution in [0.15, 0.2) is 24.3 Å². The Morgan fingerprint density at radius 2 is 1.79 bits per heavy atom. The smallest absolute Gasteiger partial charge is 0.303 e. The first kappa shape index (κ1) is 18.3.